The van der Waals surface area contributed by atoms with Crippen molar-refractivity contribution in [3.8, 4) is 17.2 Å². The van der Waals surface area contributed by atoms with Crippen molar-refractivity contribution in [2.45, 2.75) is 12.5 Å². The van der Waals surface area contributed by atoms with Crippen LogP contribution in [-0.4, -0.2) is 17.0 Å². The quantitative estimate of drug-likeness (QED) is 0.583. The van der Waals surface area contributed by atoms with E-state index in [-0.39, 0.29) is 5.91 Å². The van der Waals surface area contributed by atoms with E-state index < -0.39 is 6.10 Å². The SMILES string of the molecule is O=C(Nc1nc(-c2cc3ccccc3o2)cs1)[C@H]1Cc2ccccc2O1. The molecule has 0 bridgehead atoms. The normalized spacial score (nSPS) is 15.6. The third kappa shape index (κ3) is 2.64. The van der Waals surface area contributed by atoms with Gasteiger partial charge in [-0.05, 0) is 23.8 Å². The third-order valence-corrected chi connectivity index (χ3v) is 5.11. The number of carbonyl (C=O) groups excluding carboxylic acids is 1. The Morgan fingerprint density at radius 2 is 2.00 bits per heavy atom. The number of fused-ring (bicyclic) bond motifs is 2. The summed E-state index contributed by atoms with van der Waals surface area (Å²) in [6.45, 7) is 0. The Bertz CT molecular complexity index is 1060. The molecule has 26 heavy (non-hydrogen) atoms. The lowest BCUT2D eigenvalue weighted by Gasteiger charge is -2.09. The lowest BCUT2D eigenvalue weighted by Crippen LogP contribution is -2.31. The molecular weight excluding hydrogens is 348 g/mol. The molecule has 1 atom stereocenters. The molecule has 6 heteroatoms. The van der Waals surface area contributed by atoms with E-state index in [4.69, 9.17) is 9.15 Å². The second-order valence-electron chi connectivity index (χ2n) is 6.09. The number of nitrogens with one attached hydrogen (secondary N) is 1. The van der Waals surface area contributed by atoms with Crippen LogP contribution in [0.2, 0.25) is 0 Å². The van der Waals surface area contributed by atoms with Gasteiger partial charge >= 0.3 is 0 Å². The van der Waals surface area contributed by atoms with E-state index in [1.54, 1.807) is 0 Å². The Morgan fingerprint density at radius 1 is 1.15 bits per heavy atom. The van der Waals surface area contributed by atoms with E-state index in [0.29, 0.717) is 23.0 Å². The molecule has 0 saturated heterocycles. The van der Waals surface area contributed by atoms with Gasteiger partial charge in [0, 0.05) is 17.2 Å². The summed E-state index contributed by atoms with van der Waals surface area (Å²) in [5.74, 6) is 1.27. The van der Waals surface area contributed by atoms with Crippen LogP contribution in [0.5, 0.6) is 5.75 Å². The number of anilines is 1. The predicted molar refractivity (Wildman–Crippen MR) is 101 cm³/mol. The summed E-state index contributed by atoms with van der Waals surface area (Å²) in [5.41, 5.74) is 2.57. The first-order valence-electron chi connectivity index (χ1n) is 8.26. The molecule has 0 fully saturated rings. The minimum Gasteiger partial charge on any atom is -0.480 e. The second-order valence-corrected chi connectivity index (χ2v) is 6.95. The number of benzene rings is 2. The van der Waals surface area contributed by atoms with Crippen LogP contribution in [0, 0.1) is 0 Å². The Kier molecular flexibility index (Phi) is 3.50. The van der Waals surface area contributed by atoms with Crippen LogP contribution in [0.15, 0.2) is 64.4 Å². The highest BCUT2D eigenvalue weighted by molar-refractivity contribution is 7.14. The fraction of sp³-hybridized carbons (Fsp3) is 0.100. The van der Waals surface area contributed by atoms with Crippen molar-refractivity contribution in [1.82, 2.24) is 4.98 Å². The molecule has 5 nitrogen and oxygen atoms in total. The first-order valence-corrected chi connectivity index (χ1v) is 9.14. The van der Waals surface area contributed by atoms with Crippen molar-refractivity contribution < 1.29 is 13.9 Å². The summed E-state index contributed by atoms with van der Waals surface area (Å²) >= 11 is 1.37. The van der Waals surface area contributed by atoms with Gasteiger partial charge in [-0.25, -0.2) is 4.98 Å². The lowest BCUT2D eigenvalue weighted by molar-refractivity contribution is -0.122. The van der Waals surface area contributed by atoms with Crippen LogP contribution >= 0.6 is 11.3 Å². The van der Waals surface area contributed by atoms with Gasteiger partial charge < -0.3 is 9.15 Å². The number of hydrogen-bond donors (Lipinski definition) is 1. The van der Waals surface area contributed by atoms with Gasteiger partial charge in [0.15, 0.2) is 17.0 Å². The molecule has 4 aromatic rings. The first-order chi connectivity index (χ1) is 12.8. The van der Waals surface area contributed by atoms with Crippen molar-refractivity contribution >= 4 is 33.3 Å². The molecule has 0 radical (unpaired) electrons. The first kappa shape index (κ1) is 15.2. The molecule has 3 heterocycles. The number of carbonyl (C=O) groups is 1. The summed E-state index contributed by atoms with van der Waals surface area (Å²) in [7, 11) is 0. The van der Waals surface area contributed by atoms with E-state index in [0.717, 1.165) is 22.3 Å². The van der Waals surface area contributed by atoms with Crippen molar-refractivity contribution in [3.05, 3.63) is 65.5 Å². The number of thiazole rings is 1. The molecule has 5 rings (SSSR count). The number of hydrogen-bond acceptors (Lipinski definition) is 5. The number of para-hydroxylation sites is 2. The van der Waals surface area contributed by atoms with Crippen LogP contribution < -0.4 is 10.1 Å². The van der Waals surface area contributed by atoms with Crippen molar-refractivity contribution in [1.29, 1.82) is 0 Å². The third-order valence-electron chi connectivity index (χ3n) is 4.35. The van der Waals surface area contributed by atoms with Gasteiger partial charge in [-0.15, -0.1) is 11.3 Å². The Balaban J connectivity index is 1.32. The fourth-order valence-electron chi connectivity index (χ4n) is 3.07. The van der Waals surface area contributed by atoms with E-state index in [1.807, 2.05) is 60.0 Å². The number of aromatic nitrogens is 1. The summed E-state index contributed by atoms with van der Waals surface area (Å²) in [4.78, 5) is 17.0. The Labute approximate surface area is 153 Å². The number of furan rings is 1. The van der Waals surface area contributed by atoms with Gasteiger partial charge in [0.05, 0.1) is 0 Å². The maximum absolute atomic E-state index is 12.5. The van der Waals surface area contributed by atoms with Crippen molar-refractivity contribution in [2.24, 2.45) is 0 Å². The molecule has 0 spiro atoms. The van der Waals surface area contributed by atoms with Crippen LogP contribution in [0.4, 0.5) is 5.13 Å². The van der Waals surface area contributed by atoms with E-state index in [9.17, 15) is 4.79 Å². The average Bonchev–Trinajstić information content (AvgIpc) is 3.38. The standard InChI is InChI=1S/C20H14N2O3S/c23-19(18-10-13-6-2-4-8-16(13)25-18)22-20-21-14(11-26-20)17-9-12-5-1-3-7-15(12)24-17/h1-9,11,18H,10H2,(H,21,22,23)/t18-/m1/s1. The van der Waals surface area contributed by atoms with Gasteiger partial charge in [0.1, 0.15) is 17.0 Å². The van der Waals surface area contributed by atoms with Gasteiger partial charge in [-0.2, -0.15) is 0 Å². The van der Waals surface area contributed by atoms with Crippen LogP contribution in [0.25, 0.3) is 22.4 Å². The largest absolute Gasteiger partial charge is 0.480 e. The molecule has 1 aliphatic heterocycles. The fourth-order valence-corrected chi connectivity index (χ4v) is 3.77. The Hall–Kier alpha value is -3.12. The zero-order valence-corrected chi connectivity index (χ0v) is 14.5. The minimum absolute atomic E-state index is 0.188. The van der Waals surface area contributed by atoms with Gasteiger partial charge in [-0.3, -0.25) is 10.1 Å². The number of amides is 1. The lowest BCUT2D eigenvalue weighted by atomic mass is 10.1. The zero-order valence-electron chi connectivity index (χ0n) is 13.6. The van der Waals surface area contributed by atoms with Crippen molar-refractivity contribution in [3.63, 3.8) is 0 Å². The number of rotatable bonds is 3. The van der Waals surface area contributed by atoms with Gasteiger partial charge in [0.2, 0.25) is 0 Å². The van der Waals surface area contributed by atoms with E-state index >= 15 is 0 Å². The smallest absolute Gasteiger partial charge is 0.267 e. The Morgan fingerprint density at radius 3 is 2.88 bits per heavy atom. The summed E-state index contributed by atoms with van der Waals surface area (Å²) in [5, 5.41) is 6.28. The van der Waals surface area contributed by atoms with Crippen molar-refractivity contribution in [2.75, 3.05) is 5.32 Å². The topological polar surface area (TPSA) is 64.4 Å². The average molecular weight is 362 g/mol. The molecule has 0 aliphatic carbocycles. The van der Waals surface area contributed by atoms with Crippen LogP contribution in [0.3, 0.4) is 0 Å². The highest BCUT2D eigenvalue weighted by atomic mass is 32.1. The van der Waals surface area contributed by atoms with Crippen LogP contribution in [0.1, 0.15) is 5.56 Å². The minimum atomic E-state index is -0.522. The number of ether oxygens (including phenoxy) is 1. The molecule has 0 saturated carbocycles. The predicted octanol–water partition coefficient (Wildman–Crippen LogP) is 4.50. The maximum Gasteiger partial charge on any atom is 0.267 e. The van der Waals surface area contributed by atoms with Crippen LogP contribution in [-0.2, 0) is 11.2 Å². The molecule has 128 valence electrons. The van der Waals surface area contributed by atoms with Gasteiger partial charge in [-0.1, -0.05) is 36.4 Å². The van der Waals surface area contributed by atoms with Gasteiger partial charge in [0.25, 0.3) is 5.91 Å². The maximum atomic E-state index is 12.5. The number of nitrogens with zero attached hydrogens (tertiary/aromatic N) is 1. The second kappa shape index (κ2) is 6.00. The molecule has 2 aromatic carbocycles. The molecule has 1 N–H and O–H groups in total. The summed E-state index contributed by atoms with van der Waals surface area (Å²) in [6, 6.07) is 17.5. The summed E-state index contributed by atoms with van der Waals surface area (Å²) in [6.07, 6.45) is 0.0510. The molecule has 1 amide bonds. The van der Waals surface area contributed by atoms with E-state index in [1.165, 1.54) is 11.3 Å². The molecular formula is C20H14N2O3S. The molecule has 2 aromatic heterocycles. The monoisotopic (exact) mass is 362 g/mol. The summed E-state index contributed by atoms with van der Waals surface area (Å²) < 4.78 is 11.5. The van der Waals surface area contributed by atoms with E-state index in [2.05, 4.69) is 10.3 Å². The zero-order chi connectivity index (χ0) is 17.5. The highest BCUT2D eigenvalue weighted by Gasteiger charge is 2.29. The highest BCUT2D eigenvalue weighted by Crippen LogP contribution is 2.31. The molecule has 1 aliphatic rings. The molecule has 0 unspecified atom stereocenters.